The van der Waals surface area contributed by atoms with Gasteiger partial charge in [-0.25, -0.2) is 0 Å². The van der Waals surface area contributed by atoms with E-state index in [1.807, 2.05) is 18.2 Å². The molecule has 1 atom stereocenters. The Hall–Kier alpha value is -1.05. The fourth-order valence-corrected chi connectivity index (χ4v) is 3.22. The normalized spacial score (nSPS) is 19.4. The van der Waals surface area contributed by atoms with Crippen molar-refractivity contribution in [3.05, 3.63) is 28.2 Å². The van der Waals surface area contributed by atoms with Crippen LogP contribution in [0.5, 0.6) is 0 Å². The van der Waals surface area contributed by atoms with E-state index in [4.69, 9.17) is 0 Å². The molecule has 0 bridgehead atoms. The molecule has 1 aromatic carbocycles. The topological polar surface area (TPSA) is 30.3 Å². The number of anilines is 1. The predicted octanol–water partition coefficient (Wildman–Crippen LogP) is 3.24. The van der Waals surface area contributed by atoms with Gasteiger partial charge in [-0.1, -0.05) is 22.9 Å². The van der Waals surface area contributed by atoms with Gasteiger partial charge in [0, 0.05) is 24.1 Å². The van der Waals surface area contributed by atoms with Gasteiger partial charge in [0.05, 0.1) is 11.3 Å². The van der Waals surface area contributed by atoms with Gasteiger partial charge < -0.3 is 4.90 Å². The number of likely N-dealkylation sites (tertiary alicyclic amines) is 1. The summed E-state index contributed by atoms with van der Waals surface area (Å²) in [5, 5.41) is 9.24. The van der Waals surface area contributed by atoms with Crippen LogP contribution in [0.15, 0.2) is 22.7 Å². The van der Waals surface area contributed by atoms with E-state index in [0.29, 0.717) is 6.04 Å². The average Bonchev–Trinajstić information content (AvgIpc) is 2.85. The van der Waals surface area contributed by atoms with Gasteiger partial charge in [0.25, 0.3) is 0 Å². The Labute approximate surface area is 123 Å². The molecule has 0 N–H and O–H groups in total. The van der Waals surface area contributed by atoms with Crippen LogP contribution in [-0.2, 0) is 0 Å². The Morgan fingerprint density at radius 1 is 1.53 bits per heavy atom. The molecule has 0 spiro atoms. The van der Waals surface area contributed by atoms with Crippen molar-refractivity contribution in [1.82, 2.24) is 4.90 Å². The quantitative estimate of drug-likeness (QED) is 0.852. The minimum absolute atomic E-state index is 0.616. The molecular weight excluding hydrogens is 302 g/mol. The van der Waals surface area contributed by atoms with Crippen LogP contribution >= 0.6 is 15.9 Å². The van der Waals surface area contributed by atoms with E-state index in [0.717, 1.165) is 28.8 Å². The van der Waals surface area contributed by atoms with Crippen LogP contribution in [0.25, 0.3) is 0 Å². The van der Waals surface area contributed by atoms with Crippen molar-refractivity contribution < 1.29 is 0 Å². The van der Waals surface area contributed by atoms with E-state index >= 15 is 0 Å². The van der Waals surface area contributed by atoms with Crippen molar-refractivity contribution in [1.29, 1.82) is 5.26 Å². The number of halogens is 1. The minimum Gasteiger partial charge on any atom is -0.372 e. The Morgan fingerprint density at radius 3 is 3.00 bits per heavy atom. The zero-order chi connectivity index (χ0) is 13.8. The summed E-state index contributed by atoms with van der Waals surface area (Å²) in [6.45, 7) is 5.53. The predicted molar refractivity (Wildman–Crippen MR) is 82.4 cm³/mol. The number of nitrogens with zero attached hydrogens (tertiary/aromatic N) is 3. The van der Waals surface area contributed by atoms with E-state index in [9.17, 15) is 5.26 Å². The molecule has 0 aliphatic carbocycles. The highest BCUT2D eigenvalue weighted by Gasteiger charge is 2.24. The highest BCUT2D eigenvalue weighted by molar-refractivity contribution is 9.10. The first kappa shape index (κ1) is 14.4. The maximum Gasteiger partial charge on any atom is 0.101 e. The number of nitriles is 1. The molecule has 0 radical (unpaired) electrons. The first-order chi connectivity index (χ1) is 9.15. The molecule has 102 valence electrons. The molecule has 1 saturated heterocycles. The number of hydrogen-bond donors (Lipinski definition) is 0. The van der Waals surface area contributed by atoms with Gasteiger partial charge in [-0.05, 0) is 44.1 Å². The zero-order valence-corrected chi connectivity index (χ0v) is 13.2. The first-order valence-corrected chi connectivity index (χ1v) is 7.59. The molecule has 0 amide bonds. The molecule has 1 heterocycles. The molecule has 19 heavy (non-hydrogen) atoms. The van der Waals surface area contributed by atoms with Crippen molar-refractivity contribution in [2.75, 3.05) is 31.6 Å². The second-order valence-electron chi connectivity index (χ2n) is 5.08. The second kappa shape index (κ2) is 6.40. The van der Waals surface area contributed by atoms with Gasteiger partial charge in [0.1, 0.15) is 6.07 Å². The lowest BCUT2D eigenvalue weighted by atomic mass is 10.1. The molecule has 1 aliphatic heterocycles. The van der Waals surface area contributed by atoms with E-state index < -0.39 is 0 Å². The van der Waals surface area contributed by atoms with Crippen LogP contribution < -0.4 is 4.90 Å². The molecule has 0 saturated carbocycles. The third-order valence-corrected chi connectivity index (χ3v) is 4.37. The number of hydrogen-bond acceptors (Lipinski definition) is 3. The molecular formula is C15H20BrN3. The van der Waals surface area contributed by atoms with Gasteiger partial charge in [-0.3, -0.25) is 4.90 Å². The minimum atomic E-state index is 0.616. The third kappa shape index (κ3) is 3.29. The Kier molecular flexibility index (Phi) is 4.84. The lowest BCUT2D eigenvalue weighted by molar-refractivity contribution is 0.270. The number of benzene rings is 1. The lowest BCUT2D eigenvalue weighted by Gasteiger charge is -2.29. The van der Waals surface area contributed by atoms with Crippen molar-refractivity contribution in [3.63, 3.8) is 0 Å². The first-order valence-electron chi connectivity index (χ1n) is 6.80. The van der Waals surface area contributed by atoms with Crippen molar-refractivity contribution in [2.24, 2.45) is 0 Å². The molecule has 1 unspecified atom stereocenters. The fourth-order valence-electron chi connectivity index (χ4n) is 2.86. The molecule has 0 aromatic heterocycles. The summed E-state index contributed by atoms with van der Waals surface area (Å²) >= 11 is 3.42. The van der Waals surface area contributed by atoms with Gasteiger partial charge in [0.2, 0.25) is 0 Å². The number of rotatable bonds is 4. The van der Waals surface area contributed by atoms with Gasteiger partial charge in [-0.15, -0.1) is 0 Å². The van der Waals surface area contributed by atoms with Crippen molar-refractivity contribution in [2.45, 2.75) is 25.8 Å². The van der Waals surface area contributed by atoms with Crippen molar-refractivity contribution >= 4 is 21.6 Å². The Bertz CT molecular complexity index is 481. The van der Waals surface area contributed by atoms with E-state index in [-0.39, 0.29) is 0 Å². The van der Waals surface area contributed by atoms with Crippen LogP contribution in [0.4, 0.5) is 5.69 Å². The highest BCUT2D eigenvalue weighted by Crippen LogP contribution is 2.25. The van der Waals surface area contributed by atoms with Crippen molar-refractivity contribution in [3.8, 4) is 6.07 Å². The van der Waals surface area contributed by atoms with E-state index in [1.165, 1.54) is 19.4 Å². The van der Waals surface area contributed by atoms with Crippen LogP contribution in [-0.4, -0.2) is 37.6 Å². The second-order valence-corrected chi connectivity index (χ2v) is 5.99. The summed E-state index contributed by atoms with van der Waals surface area (Å²) in [4.78, 5) is 4.74. The summed E-state index contributed by atoms with van der Waals surface area (Å²) < 4.78 is 0.956. The maximum atomic E-state index is 9.24. The third-order valence-electron chi connectivity index (χ3n) is 3.88. The Balaban J connectivity index is 2.12. The number of likely N-dealkylation sites (N-methyl/N-ethyl adjacent to an activating group) is 2. The molecule has 3 nitrogen and oxygen atoms in total. The SMILES string of the molecule is CCN1CCCC1CN(C)c1ccc(Br)cc1C#N. The molecule has 1 aromatic rings. The van der Waals surface area contributed by atoms with Crippen LogP contribution in [0.2, 0.25) is 0 Å². The van der Waals surface area contributed by atoms with Crippen LogP contribution in [0, 0.1) is 11.3 Å². The monoisotopic (exact) mass is 321 g/mol. The van der Waals surface area contributed by atoms with E-state index in [2.05, 4.69) is 45.8 Å². The summed E-state index contributed by atoms with van der Waals surface area (Å²) in [5.74, 6) is 0. The van der Waals surface area contributed by atoms with Gasteiger partial charge >= 0.3 is 0 Å². The van der Waals surface area contributed by atoms with E-state index in [1.54, 1.807) is 0 Å². The average molecular weight is 322 g/mol. The lowest BCUT2D eigenvalue weighted by Crippen LogP contribution is -2.38. The maximum absolute atomic E-state index is 9.24. The summed E-state index contributed by atoms with van der Waals surface area (Å²) in [5.41, 5.74) is 1.76. The summed E-state index contributed by atoms with van der Waals surface area (Å²) in [7, 11) is 2.08. The highest BCUT2D eigenvalue weighted by atomic mass is 79.9. The smallest absolute Gasteiger partial charge is 0.101 e. The van der Waals surface area contributed by atoms with Crippen LogP contribution in [0.3, 0.4) is 0 Å². The van der Waals surface area contributed by atoms with Crippen LogP contribution in [0.1, 0.15) is 25.3 Å². The summed E-state index contributed by atoms with van der Waals surface area (Å²) in [6.07, 6.45) is 2.55. The zero-order valence-electron chi connectivity index (χ0n) is 11.6. The van der Waals surface area contributed by atoms with Gasteiger partial charge in [0.15, 0.2) is 0 Å². The fraction of sp³-hybridized carbons (Fsp3) is 0.533. The molecule has 1 aliphatic rings. The summed E-state index contributed by atoms with van der Waals surface area (Å²) in [6, 6.07) is 8.81. The standard InChI is InChI=1S/C15H20BrN3/c1-3-19-8-4-5-14(19)11-18(2)15-7-6-13(16)9-12(15)10-17/h6-7,9,14H,3-5,8,11H2,1-2H3. The molecule has 2 rings (SSSR count). The van der Waals surface area contributed by atoms with Gasteiger partial charge in [-0.2, -0.15) is 5.26 Å². The molecule has 4 heteroatoms. The molecule has 1 fully saturated rings. The largest absolute Gasteiger partial charge is 0.372 e. The Morgan fingerprint density at radius 2 is 2.32 bits per heavy atom.